The molecule has 5 heteroatoms. The molecule has 0 aliphatic carbocycles. The Labute approximate surface area is 172 Å². The van der Waals surface area contributed by atoms with E-state index in [-0.39, 0.29) is 0 Å². The molecule has 0 heterocycles. The van der Waals surface area contributed by atoms with Gasteiger partial charge in [0, 0.05) is 24.2 Å². The Morgan fingerprint density at radius 2 is 1.62 bits per heavy atom. The molecule has 0 saturated carbocycles. The first-order chi connectivity index (χ1) is 13.8. The molecule has 0 atom stereocenters. The monoisotopic (exact) mass is 392 g/mol. The van der Waals surface area contributed by atoms with Crippen molar-refractivity contribution >= 4 is 17.5 Å². The zero-order valence-electron chi connectivity index (χ0n) is 17.2. The van der Waals surface area contributed by atoms with Gasteiger partial charge in [-0.3, -0.25) is 5.32 Å². The Balaban J connectivity index is 1.87. The Morgan fingerprint density at radius 1 is 1.03 bits per heavy atom. The van der Waals surface area contributed by atoms with Gasteiger partial charge in [-0.05, 0) is 62.6 Å². The summed E-state index contributed by atoms with van der Waals surface area (Å²) in [4.78, 5) is 11.8. The van der Waals surface area contributed by atoms with E-state index in [4.69, 9.17) is 21.3 Å². The number of nitrogens with one attached hydrogen (secondary N) is 2. The lowest BCUT2D eigenvalue weighted by Crippen LogP contribution is -2.27. The normalized spacial score (nSPS) is 10.7. The van der Waals surface area contributed by atoms with Gasteiger partial charge in [-0.15, -0.1) is 12.3 Å². The van der Waals surface area contributed by atoms with Crippen molar-refractivity contribution in [3.63, 3.8) is 0 Å². The smallest absolute Gasteiger partial charge is 0.412 e. The maximum atomic E-state index is 11.8. The third-order valence-corrected chi connectivity index (χ3v) is 3.96. The maximum absolute atomic E-state index is 11.8. The van der Waals surface area contributed by atoms with E-state index < -0.39 is 11.7 Å². The van der Waals surface area contributed by atoms with Gasteiger partial charge in [-0.2, -0.15) is 0 Å². The van der Waals surface area contributed by atoms with Gasteiger partial charge in [-0.25, -0.2) is 4.79 Å². The zero-order chi connectivity index (χ0) is 21.3. The lowest BCUT2D eigenvalue weighted by Gasteiger charge is -2.19. The van der Waals surface area contributed by atoms with Crippen LogP contribution >= 0.6 is 0 Å². The largest absolute Gasteiger partial charge is 0.493 e. The van der Waals surface area contributed by atoms with Crippen molar-refractivity contribution in [1.82, 2.24) is 0 Å². The van der Waals surface area contributed by atoms with Crippen LogP contribution in [0.15, 0.2) is 48.5 Å². The van der Waals surface area contributed by atoms with Gasteiger partial charge in [0.15, 0.2) is 0 Å². The maximum Gasteiger partial charge on any atom is 0.412 e. The molecular formula is C24H28N2O3. The molecule has 0 fully saturated rings. The summed E-state index contributed by atoms with van der Waals surface area (Å²) in [7, 11) is 0. The van der Waals surface area contributed by atoms with Crippen LogP contribution in [0.5, 0.6) is 5.75 Å². The van der Waals surface area contributed by atoms with E-state index in [9.17, 15) is 4.79 Å². The van der Waals surface area contributed by atoms with E-state index in [0.717, 1.165) is 16.9 Å². The quantitative estimate of drug-likeness (QED) is 0.434. The van der Waals surface area contributed by atoms with Crippen LogP contribution in [-0.2, 0) is 4.74 Å². The molecule has 1 amide bonds. The number of anilines is 1. The second-order valence-corrected chi connectivity index (χ2v) is 7.63. The predicted molar refractivity (Wildman–Crippen MR) is 118 cm³/mol. The number of hydrogen-bond acceptors (Lipinski definition) is 4. The number of terminal acetylenes is 1. The first-order valence-electron chi connectivity index (χ1n) is 9.60. The topological polar surface area (TPSA) is 71.4 Å². The molecule has 0 bridgehead atoms. The molecule has 2 aromatic carbocycles. The molecule has 5 nitrogen and oxygen atoms in total. The van der Waals surface area contributed by atoms with Crippen LogP contribution < -0.4 is 10.1 Å². The summed E-state index contributed by atoms with van der Waals surface area (Å²) in [6.45, 7) is 5.94. The van der Waals surface area contributed by atoms with E-state index in [1.807, 2.05) is 69.3 Å². The van der Waals surface area contributed by atoms with Crippen molar-refractivity contribution < 1.29 is 14.3 Å². The second kappa shape index (κ2) is 10.3. The van der Waals surface area contributed by atoms with Crippen LogP contribution in [0.2, 0.25) is 0 Å². The highest BCUT2D eigenvalue weighted by molar-refractivity contribution is 5.85. The number of amides is 1. The Hall–Kier alpha value is -3.26. The fourth-order valence-corrected chi connectivity index (χ4v) is 2.55. The molecule has 0 spiro atoms. The van der Waals surface area contributed by atoms with E-state index in [2.05, 4.69) is 11.2 Å². The minimum Gasteiger partial charge on any atom is -0.493 e. The molecule has 2 rings (SSSR count). The number of carbonyl (C=O) groups excluding carboxylic acids is 1. The lowest BCUT2D eigenvalue weighted by atomic mass is 10.1. The summed E-state index contributed by atoms with van der Waals surface area (Å²) in [6, 6.07) is 15.3. The van der Waals surface area contributed by atoms with Gasteiger partial charge in [0.2, 0.25) is 0 Å². The lowest BCUT2D eigenvalue weighted by molar-refractivity contribution is 0.0636. The minimum atomic E-state index is -0.532. The first kappa shape index (κ1) is 22.0. The van der Waals surface area contributed by atoms with Crippen LogP contribution in [0.3, 0.4) is 0 Å². The van der Waals surface area contributed by atoms with Crippen LogP contribution in [0.25, 0.3) is 11.1 Å². The van der Waals surface area contributed by atoms with E-state index in [1.54, 1.807) is 0 Å². The third-order valence-electron chi connectivity index (χ3n) is 3.96. The fourth-order valence-electron chi connectivity index (χ4n) is 2.55. The number of rotatable bonds is 8. The molecule has 152 valence electrons. The molecule has 0 saturated heterocycles. The van der Waals surface area contributed by atoms with Gasteiger partial charge in [0.25, 0.3) is 0 Å². The molecule has 0 radical (unpaired) electrons. The number of carbonyl (C=O) groups is 1. The summed E-state index contributed by atoms with van der Waals surface area (Å²) in [5.41, 5.74) is 2.83. The van der Waals surface area contributed by atoms with Gasteiger partial charge in [-0.1, -0.05) is 24.3 Å². The summed E-state index contributed by atoms with van der Waals surface area (Å²) in [5.74, 6) is 3.31. The van der Waals surface area contributed by atoms with Crippen molar-refractivity contribution in [3.05, 3.63) is 48.5 Å². The first-order valence-corrected chi connectivity index (χ1v) is 9.60. The number of benzene rings is 2. The van der Waals surface area contributed by atoms with Crippen molar-refractivity contribution in [2.45, 2.75) is 45.6 Å². The van der Waals surface area contributed by atoms with Crippen LogP contribution in [-0.4, -0.2) is 24.0 Å². The highest BCUT2D eigenvalue weighted by atomic mass is 16.6. The van der Waals surface area contributed by atoms with Gasteiger partial charge in [0.1, 0.15) is 11.4 Å². The Bertz CT molecular complexity index is 857. The minimum absolute atomic E-state index is 0.466. The zero-order valence-corrected chi connectivity index (χ0v) is 17.2. The highest BCUT2D eigenvalue weighted by Gasteiger charge is 2.16. The van der Waals surface area contributed by atoms with E-state index in [0.29, 0.717) is 37.3 Å². The van der Waals surface area contributed by atoms with Crippen molar-refractivity contribution in [2.24, 2.45) is 0 Å². The third kappa shape index (κ3) is 8.10. The summed E-state index contributed by atoms with van der Waals surface area (Å²) < 4.78 is 10.9. The van der Waals surface area contributed by atoms with Crippen LogP contribution in [0.1, 0.15) is 40.0 Å². The summed E-state index contributed by atoms with van der Waals surface area (Å²) in [6.07, 6.45) is 6.53. The van der Waals surface area contributed by atoms with Crippen LogP contribution in [0.4, 0.5) is 10.5 Å². The van der Waals surface area contributed by atoms with Crippen molar-refractivity contribution in [2.75, 3.05) is 11.9 Å². The predicted octanol–water partition coefficient (Wildman–Crippen LogP) is 5.90. The number of ether oxygens (including phenoxy) is 2. The number of hydrogen-bond donors (Lipinski definition) is 2. The molecule has 29 heavy (non-hydrogen) atoms. The molecule has 0 aromatic heterocycles. The van der Waals surface area contributed by atoms with E-state index >= 15 is 0 Å². The van der Waals surface area contributed by atoms with Crippen molar-refractivity contribution in [1.29, 1.82) is 5.41 Å². The van der Waals surface area contributed by atoms with Crippen LogP contribution in [0, 0.1) is 17.8 Å². The Kier molecular flexibility index (Phi) is 7.85. The molecule has 0 aliphatic rings. The molecular weight excluding hydrogens is 364 g/mol. The summed E-state index contributed by atoms with van der Waals surface area (Å²) in [5, 5.41) is 10.5. The average molecular weight is 392 g/mol. The van der Waals surface area contributed by atoms with Gasteiger partial charge >= 0.3 is 6.09 Å². The van der Waals surface area contributed by atoms with Crippen molar-refractivity contribution in [3.8, 4) is 29.2 Å². The summed E-state index contributed by atoms with van der Waals surface area (Å²) >= 11 is 0. The highest BCUT2D eigenvalue weighted by Crippen LogP contribution is 2.24. The Morgan fingerprint density at radius 3 is 2.17 bits per heavy atom. The molecule has 2 N–H and O–H groups in total. The van der Waals surface area contributed by atoms with E-state index in [1.165, 1.54) is 0 Å². The molecule has 0 aliphatic heterocycles. The molecule has 2 aromatic rings. The second-order valence-electron chi connectivity index (χ2n) is 7.63. The fraction of sp³-hybridized carbons (Fsp3) is 0.333. The SMILES string of the molecule is C#CCCC(=N)CCOc1ccc(-c2ccc(NC(=O)OC(C)(C)C)cc2)cc1. The molecule has 0 unspecified atom stereocenters. The standard InChI is InChI=1S/C24H28N2O3/c1-5-6-7-20(25)16-17-28-22-14-10-19(11-15-22)18-8-12-21(13-9-18)26-23(27)29-24(2,3)4/h1,8-15,25H,6-7,16-17H2,2-4H3,(H,26,27). The van der Waals surface area contributed by atoms with Gasteiger partial charge in [0.05, 0.1) is 6.61 Å². The van der Waals surface area contributed by atoms with Gasteiger partial charge < -0.3 is 14.9 Å². The average Bonchev–Trinajstić information content (AvgIpc) is 2.66.